The summed E-state index contributed by atoms with van der Waals surface area (Å²) in [6.07, 6.45) is 7.69. The van der Waals surface area contributed by atoms with E-state index in [4.69, 9.17) is 0 Å². The van der Waals surface area contributed by atoms with E-state index < -0.39 is 0 Å². The molecule has 0 aromatic carbocycles. The molecule has 1 N–H and O–H groups in total. The zero-order valence-electron chi connectivity index (χ0n) is 8.81. The molecule has 1 nitrogen and oxygen atoms in total. The van der Waals surface area contributed by atoms with Gasteiger partial charge in [0.1, 0.15) is 0 Å². The summed E-state index contributed by atoms with van der Waals surface area (Å²) in [4.78, 5) is 1.50. The van der Waals surface area contributed by atoms with Crippen molar-refractivity contribution in [2.45, 2.75) is 31.7 Å². The van der Waals surface area contributed by atoms with E-state index in [1.165, 1.54) is 16.9 Å². The number of hydrogen-bond acceptors (Lipinski definition) is 2. The highest BCUT2D eigenvalue weighted by Crippen LogP contribution is 2.37. The van der Waals surface area contributed by atoms with Crippen LogP contribution in [0.1, 0.15) is 26.2 Å². The second-order valence-electron chi connectivity index (χ2n) is 3.84. The lowest BCUT2D eigenvalue weighted by Gasteiger charge is -2.35. The van der Waals surface area contributed by atoms with Gasteiger partial charge in [-0.05, 0) is 50.0 Å². The van der Waals surface area contributed by atoms with Crippen molar-refractivity contribution in [3.8, 4) is 0 Å². The van der Waals surface area contributed by atoms with Crippen molar-refractivity contribution < 1.29 is 0 Å². The van der Waals surface area contributed by atoms with E-state index in [1.807, 2.05) is 17.8 Å². The molecule has 13 heavy (non-hydrogen) atoms. The zero-order chi connectivity index (χ0) is 9.90. The van der Waals surface area contributed by atoms with Crippen LogP contribution in [-0.2, 0) is 0 Å². The number of rotatable bonds is 3. The first-order chi connectivity index (χ1) is 6.15. The van der Waals surface area contributed by atoms with Crippen LogP contribution < -0.4 is 5.32 Å². The van der Waals surface area contributed by atoms with Crippen LogP contribution in [0.15, 0.2) is 23.1 Å². The molecule has 74 valence electrons. The minimum atomic E-state index is 0.296. The Labute approximate surface area is 85.7 Å². The zero-order valence-corrected chi connectivity index (χ0v) is 9.63. The Bertz CT molecular complexity index is 232. The lowest BCUT2D eigenvalue weighted by atomic mass is 9.84. The molecule has 0 aromatic rings. The van der Waals surface area contributed by atoms with Crippen molar-refractivity contribution in [3.63, 3.8) is 0 Å². The smallest absolute Gasteiger partial charge is 0.0198 e. The molecule has 0 heterocycles. The number of thioether (sulfide) groups is 1. The van der Waals surface area contributed by atoms with Gasteiger partial charge in [-0.15, -0.1) is 11.8 Å². The lowest BCUT2D eigenvalue weighted by Crippen LogP contribution is -2.41. The summed E-state index contributed by atoms with van der Waals surface area (Å²) >= 11 is 1.86. The van der Waals surface area contributed by atoms with E-state index in [0.717, 1.165) is 12.8 Å². The summed E-state index contributed by atoms with van der Waals surface area (Å²) in [6.45, 7) is 6.16. The third kappa shape index (κ3) is 2.38. The molecule has 0 saturated carbocycles. The second-order valence-corrected chi connectivity index (χ2v) is 4.75. The minimum Gasteiger partial charge on any atom is -0.314 e. The summed E-state index contributed by atoms with van der Waals surface area (Å²) in [6, 6.07) is 0. The Balaban J connectivity index is 2.83. The fourth-order valence-corrected chi connectivity index (χ4v) is 2.65. The predicted molar refractivity (Wildman–Crippen MR) is 62.1 cm³/mol. The maximum absolute atomic E-state index is 3.86. The molecule has 1 unspecified atom stereocenters. The van der Waals surface area contributed by atoms with Gasteiger partial charge < -0.3 is 5.32 Å². The third-order valence-electron chi connectivity index (χ3n) is 2.95. The fraction of sp³-hybridized carbons (Fsp3) is 0.636. The van der Waals surface area contributed by atoms with Gasteiger partial charge in [0.15, 0.2) is 0 Å². The third-order valence-corrected chi connectivity index (χ3v) is 3.85. The topological polar surface area (TPSA) is 12.0 Å². The van der Waals surface area contributed by atoms with Crippen LogP contribution >= 0.6 is 11.8 Å². The minimum absolute atomic E-state index is 0.296. The van der Waals surface area contributed by atoms with E-state index in [-0.39, 0.29) is 0 Å². The van der Waals surface area contributed by atoms with Gasteiger partial charge in [-0.1, -0.05) is 12.7 Å². The highest BCUT2D eigenvalue weighted by molar-refractivity contribution is 8.02. The Hall–Kier alpha value is -0.210. The van der Waals surface area contributed by atoms with Gasteiger partial charge in [0.2, 0.25) is 0 Å². The van der Waals surface area contributed by atoms with Crippen LogP contribution in [0.4, 0.5) is 0 Å². The Morgan fingerprint density at radius 3 is 2.77 bits per heavy atom. The number of allylic oxidation sites excluding steroid dienone is 2. The molecular formula is C11H19NS. The molecule has 0 fully saturated rings. The predicted octanol–water partition coefficient (Wildman–Crippen LogP) is 2.95. The molecule has 1 aliphatic rings. The van der Waals surface area contributed by atoms with Crippen LogP contribution in [-0.4, -0.2) is 18.8 Å². The van der Waals surface area contributed by atoms with Crippen molar-refractivity contribution in [3.05, 3.63) is 23.1 Å². The van der Waals surface area contributed by atoms with Gasteiger partial charge in [-0.2, -0.15) is 0 Å². The first-order valence-electron chi connectivity index (χ1n) is 4.72. The molecule has 0 bridgehead atoms. The van der Waals surface area contributed by atoms with E-state index in [2.05, 4.69) is 32.1 Å². The summed E-state index contributed by atoms with van der Waals surface area (Å²) in [5.41, 5.74) is 1.74. The Kier molecular flexibility index (Phi) is 3.63. The molecule has 0 amide bonds. The molecule has 0 aliphatic heterocycles. The van der Waals surface area contributed by atoms with Gasteiger partial charge in [0.05, 0.1) is 0 Å². The van der Waals surface area contributed by atoms with Gasteiger partial charge in [0.25, 0.3) is 0 Å². The first-order valence-corrected chi connectivity index (χ1v) is 5.95. The van der Waals surface area contributed by atoms with Gasteiger partial charge in [-0.25, -0.2) is 0 Å². The summed E-state index contributed by atoms with van der Waals surface area (Å²) in [5.74, 6) is 0. The molecule has 0 aromatic heterocycles. The van der Waals surface area contributed by atoms with Crippen LogP contribution in [0.25, 0.3) is 0 Å². The highest BCUT2D eigenvalue weighted by atomic mass is 32.2. The molecule has 0 radical (unpaired) electrons. The molecule has 1 atom stereocenters. The highest BCUT2D eigenvalue weighted by Gasteiger charge is 2.28. The summed E-state index contributed by atoms with van der Waals surface area (Å²) < 4.78 is 0. The van der Waals surface area contributed by atoms with Crippen LogP contribution in [0, 0.1) is 0 Å². The maximum Gasteiger partial charge on any atom is 0.0198 e. The molecule has 1 rings (SSSR count). The van der Waals surface area contributed by atoms with Gasteiger partial charge >= 0.3 is 0 Å². The number of hydrogen-bond donors (Lipinski definition) is 1. The van der Waals surface area contributed by atoms with Crippen LogP contribution in [0.2, 0.25) is 0 Å². The van der Waals surface area contributed by atoms with Crippen LogP contribution in [0.5, 0.6) is 0 Å². The standard InChI is InChI=1S/C11H19NS/c1-5-9-6-7-11(2,12-3)8-10(9)13-4/h5,12H,1,6-8H2,2-4H3. The number of nitrogens with one attached hydrogen (secondary N) is 1. The van der Waals surface area contributed by atoms with Crippen molar-refractivity contribution >= 4 is 11.8 Å². The van der Waals surface area contributed by atoms with Crippen LogP contribution in [0.3, 0.4) is 0 Å². The monoisotopic (exact) mass is 197 g/mol. The molecular weight excluding hydrogens is 178 g/mol. The van der Waals surface area contributed by atoms with E-state index in [9.17, 15) is 0 Å². The first kappa shape index (κ1) is 10.9. The largest absolute Gasteiger partial charge is 0.314 e. The second kappa shape index (κ2) is 4.34. The van der Waals surface area contributed by atoms with Crippen molar-refractivity contribution in [2.24, 2.45) is 0 Å². The lowest BCUT2D eigenvalue weighted by molar-refractivity contribution is 0.346. The van der Waals surface area contributed by atoms with Crippen molar-refractivity contribution in [1.29, 1.82) is 0 Å². The Morgan fingerprint density at radius 1 is 1.62 bits per heavy atom. The molecule has 0 spiro atoms. The van der Waals surface area contributed by atoms with E-state index in [1.54, 1.807) is 0 Å². The van der Waals surface area contributed by atoms with E-state index in [0.29, 0.717) is 5.54 Å². The van der Waals surface area contributed by atoms with Gasteiger partial charge in [-0.3, -0.25) is 0 Å². The SMILES string of the molecule is C=CC1=C(SC)CC(C)(NC)CC1. The van der Waals surface area contributed by atoms with Gasteiger partial charge in [0, 0.05) is 5.54 Å². The molecule has 1 aliphatic carbocycles. The molecule has 2 heteroatoms. The fourth-order valence-electron chi connectivity index (χ4n) is 1.74. The van der Waals surface area contributed by atoms with E-state index >= 15 is 0 Å². The average Bonchev–Trinajstić information content (AvgIpc) is 2.18. The normalized spacial score (nSPS) is 29.2. The van der Waals surface area contributed by atoms with Crippen molar-refractivity contribution in [1.82, 2.24) is 5.32 Å². The quantitative estimate of drug-likeness (QED) is 0.746. The van der Waals surface area contributed by atoms with Crippen molar-refractivity contribution in [2.75, 3.05) is 13.3 Å². The Morgan fingerprint density at radius 2 is 2.31 bits per heavy atom. The summed E-state index contributed by atoms with van der Waals surface area (Å²) in [7, 11) is 2.05. The maximum atomic E-state index is 3.86. The average molecular weight is 197 g/mol. The molecule has 0 saturated heterocycles. The summed E-state index contributed by atoms with van der Waals surface area (Å²) in [5, 5.41) is 3.41.